The van der Waals surface area contributed by atoms with Crippen molar-refractivity contribution in [2.75, 3.05) is 6.61 Å². The van der Waals surface area contributed by atoms with Crippen molar-refractivity contribution >= 4 is 21.9 Å². The summed E-state index contributed by atoms with van der Waals surface area (Å²) in [5.41, 5.74) is 0.475. The number of carbonyl (C=O) groups is 2. The molecule has 1 unspecified atom stereocenters. The molecule has 1 aliphatic heterocycles. The molecule has 1 amide bonds. The number of aliphatic hydroxyl groups excluding tert-OH is 3. The number of carboxylic acids is 1. The molecule has 0 aromatic heterocycles. The summed E-state index contributed by atoms with van der Waals surface area (Å²) in [5, 5.41) is 40.9. The first kappa shape index (κ1) is 23.8. The summed E-state index contributed by atoms with van der Waals surface area (Å²) in [7, 11) is -4.01. The zero-order chi connectivity index (χ0) is 22.5. The average Bonchev–Trinajstić information content (AvgIpc) is 2.67. The minimum atomic E-state index is -4.01. The van der Waals surface area contributed by atoms with E-state index in [1.54, 1.807) is 30.3 Å². The smallest absolute Gasteiger partial charge is 0.370 e. The first-order valence-electron chi connectivity index (χ1n) is 8.94. The minimum absolute atomic E-state index is 0.416. The van der Waals surface area contributed by atoms with Crippen LogP contribution >= 0.6 is 0 Å². The van der Waals surface area contributed by atoms with Gasteiger partial charge in [0.25, 0.3) is 0 Å². The van der Waals surface area contributed by atoms with Gasteiger partial charge in [0.05, 0.1) is 24.4 Å². The first-order valence-corrected chi connectivity index (χ1v) is 10.6. The quantitative estimate of drug-likeness (QED) is 0.252. The van der Waals surface area contributed by atoms with Crippen LogP contribution in [0, 0.1) is 0 Å². The van der Waals surface area contributed by atoms with E-state index >= 15 is 0 Å². The molecule has 11 nitrogen and oxygen atoms in total. The normalized spacial score (nSPS) is 23.6. The van der Waals surface area contributed by atoms with Gasteiger partial charge in [0.1, 0.15) is 18.3 Å². The van der Waals surface area contributed by atoms with Crippen molar-refractivity contribution in [2.45, 2.75) is 43.1 Å². The van der Waals surface area contributed by atoms with Crippen LogP contribution in [0.3, 0.4) is 0 Å². The maximum atomic E-state index is 12.6. The lowest BCUT2D eigenvalue weighted by Gasteiger charge is -2.39. The molecule has 0 fully saturated rings. The number of rotatable bonds is 9. The van der Waals surface area contributed by atoms with Crippen LogP contribution in [0.1, 0.15) is 12.5 Å². The number of hydrogen-bond acceptors (Lipinski definition) is 8. The van der Waals surface area contributed by atoms with Gasteiger partial charge in [-0.1, -0.05) is 30.3 Å². The van der Waals surface area contributed by atoms with Crippen molar-refractivity contribution in [3.63, 3.8) is 0 Å². The van der Waals surface area contributed by atoms with Crippen LogP contribution in [-0.4, -0.2) is 77.7 Å². The Labute approximate surface area is 173 Å². The number of carbonyl (C=O) groups excluding carboxylic acids is 1. The van der Waals surface area contributed by atoms with Crippen molar-refractivity contribution < 1.29 is 43.2 Å². The fraction of sp³-hybridized carbons (Fsp3) is 0.444. The van der Waals surface area contributed by atoms with E-state index < -0.39 is 70.4 Å². The monoisotopic (exact) mass is 444 g/mol. The number of aliphatic carboxylic acids is 1. The summed E-state index contributed by atoms with van der Waals surface area (Å²) < 4.78 is 32.8. The second-order valence-electron chi connectivity index (χ2n) is 6.77. The standard InChI is InChI=1S/C18H24N2O9S/c1-10(22)19-15-12(20-30(27,28)9-11-5-3-2-4-6-11)7-14(18(25)26)29-17(15)16(24)13(23)8-21/h2-7,12-13,15-17,20-21,23-24H,8-9H2,1H3,(H,19,22)(H,25,26)/t12-,13?,15-,16-,17-/m1/s1. The molecule has 1 heterocycles. The number of carboxylic acid groups (broad SMARTS) is 1. The van der Waals surface area contributed by atoms with Gasteiger partial charge in [-0.15, -0.1) is 0 Å². The molecular formula is C18H24N2O9S. The Morgan fingerprint density at radius 1 is 1.20 bits per heavy atom. The van der Waals surface area contributed by atoms with Crippen LogP contribution < -0.4 is 10.0 Å². The third kappa shape index (κ3) is 6.24. The maximum absolute atomic E-state index is 12.6. The summed E-state index contributed by atoms with van der Waals surface area (Å²) >= 11 is 0. The molecule has 1 aromatic rings. The molecular weight excluding hydrogens is 420 g/mol. The Morgan fingerprint density at radius 2 is 1.83 bits per heavy atom. The topological polar surface area (TPSA) is 182 Å². The number of hydrogen-bond donors (Lipinski definition) is 6. The highest BCUT2D eigenvalue weighted by Crippen LogP contribution is 2.24. The molecule has 6 N–H and O–H groups in total. The zero-order valence-corrected chi connectivity index (χ0v) is 16.8. The fourth-order valence-electron chi connectivity index (χ4n) is 3.02. The van der Waals surface area contributed by atoms with Crippen molar-refractivity contribution in [1.29, 1.82) is 0 Å². The van der Waals surface area contributed by atoms with Crippen LogP contribution in [0.4, 0.5) is 0 Å². The second kappa shape index (κ2) is 10.00. The molecule has 0 aliphatic carbocycles. The molecule has 12 heteroatoms. The van der Waals surface area contributed by atoms with Gasteiger partial charge < -0.3 is 30.5 Å². The van der Waals surface area contributed by atoms with Crippen LogP contribution in [-0.2, 0) is 30.1 Å². The van der Waals surface area contributed by atoms with Crippen molar-refractivity contribution in [3.8, 4) is 0 Å². The van der Waals surface area contributed by atoms with E-state index in [0.29, 0.717) is 5.56 Å². The van der Waals surface area contributed by atoms with Crippen molar-refractivity contribution in [1.82, 2.24) is 10.0 Å². The van der Waals surface area contributed by atoms with Gasteiger partial charge in [0, 0.05) is 6.92 Å². The molecule has 0 saturated carbocycles. The second-order valence-corrected chi connectivity index (χ2v) is 8.53. The largest absolute Gasteiger partial charge is 0.478 e. The van der Waals surface area contributed by atoms with E-state index in [1.165, 1.54) is 0 Å². The number of sulfonamides is 1. The SMILES string of the molecule is CC(=O)N[C@H]1[C@H]([C@H](O)C(O)CO)OC(C(=O)O)=C[C@H]1NS(=O)(=O)Cc1ccccc1. The third-order valence-electron chi connectivity index (χ3n) is 4.35. The fourth-order valence-corrected chi connectivity index (χ4v) is 4.36. The molecule has 5 atom stereocenters. The van der Waals surface area contributed by atoms with Gasteiger partial charge in [-0.25, -0.2) is 17.9 Å². The minimum Gasteiger partial charge on any atom is -0.478 e. The van der Waals surface area contributed by atoms with Crippen LogP contribution in [0.2, 0.25) is 0 Å². The first-order chi connectivity index (χ1) is 14.0. The Morgan fingerprint density at radius 3 is 2.37 bits per heavy atom. The lowest BCUT2D eigenvalue weighted by molar-refractivity contribution is -0.146. The van der Waals surface area contributed by atoms with Crippen molar-refractivity contribution in [3.05, 3.63) is 47.7 Å². The molecule has 0 spiro atoms. The van der Waals surface area contributed by atoms with E-state index in [-0.39, 0.29) is 0 Å². The number of ether oxygens (including phenoxy) is 1. The molecule has 1 aliphatic rings. The van der Waals surface area contributed by atoms with E-state index in [0.717, 1.165) is 13.0 Å². The predicted molar refractivity (Wildman–Crippen MR) is 103 cm³/mol. The predicted octanol–water partition coefficient (Wildman–Crippen LogP) is -1.94. The number of amides is 1. The molecule has 0 radical (unpaired) electrons. The summed E-state index contributed by atoms with van der Waals surface area (Å²) in [6.07, 6.45) is -4.14. The Kier molecular flexibility index (Phi) is 7.92. The van der Waals surface area contributed by atoms with E-state index in [2.05, 4.69) is 10.0 Å². The third-order valence-corrected chi connectivity index (χ3v) is 5.69. The summed E-state index contributed by atoms with van der Waals surface area (Å²) in [4.78, 5) is 23.1. The maximum Gasteiger partial charge on any atom is 0.370 e. The highest BCUT2D eigenvalue weighted by molar-refractivity contribution is 7.88. The molecule has 2 rings (SSSR count). The number of nitrogens with one attached hydrogen (secondary N) is 2. The van der Waals surface area contributed by atoms with Gasteiger partial charge in [0.2, 0.25) is 21.7 Å². The van der Waals surface area contributed by atoms with Crippen LogP contribution in [0.25, 0.3) is 0 Å². The highest BCUT2D eigenvalue weighted by Gasteiger charge is 2.44. The molecule has 0 saturated heterocycles. The lowest BCUT2D eigenvalue weighted by atomic mass is 9.92. The Bertz CT molecular complexity index is 888. The molecule has 166 valence electrons. The van der Waals surface area contributed by atoms with E-state index in [9.17, 15) is 33.3 Å². The average molecular weight is 444 g/mol. The number of aliphatic hydroxyl groups is 3. The summed E-state index contributed by atoms with van der Waals surface area (Å²) in [5.74, 6) is -3.25. The molecule has 0 bridgehead atoms. The van der Waals surface area contributed by atoms with E-state index in [4.69, 9.17) is 9.84 Å². The Balaban J connectivity index is 2.39. The van der Waals surface area contributed by atoms with Crippen molar-refractivity contribution in [2.24, 2.45) is 0 Å². The number of benzene rings is 1. The Hall–Kier alpha value is -2.51. The van der Waals surface area contributed by atoms with Gasteiger partial charge in [-0.2, -0.15) is 0 Å². The van der Waals surface area contributed by atoms with Gasteiger partial charge >= 0.3 is 5.97 Å². The van der Waals surface area contributed by atoms with Crippen LogP contribution in [0.15, 0.2) is 42.2 Å². The molecule has 30 heavy (non-hydrogen) atoms. The zero-order valence-electron chi connectivity index (χ0n) is 16.0. The summed E-state index contributed by atoms with van der Waals surface area (Å²) in [6.45, 7) is 0.266. The van der Waals surface area contributed by atoms with Crippen LogP contribution in [0.5, 0.6) is 0 Å². The van der Waals surface area contributed by atoms with Gasteiger partial charge in [-0.3, -0.25) is 4.79 Å². The van der Waals surface area contributed by atoms with Gasteiger partial charge in [-0.05, 0) is 11.6 Å². The lowest BCUT2D eigenvalue weighted by Crippen LogP contribution is -2.63. The summed E-state index contributed by atoms with van der Waals surface area (Å²) in [6, 6.07) is 5.64. The highest BCUT2D eigenvalue weighted by atomic mass is 32.2. The van der Waals surface area contributed by atoms with E-state index in [1.807, 2.05) is 0 Å². The molecule has 1 aromatic carbocycles. The van der Waals surface area contributed by atoms with Gasteiger partial charge in [0.15, 0.2) is 0 Å².